The molecule has 3 aromatic rings. The molecule has 0 spiro atoms. The van der Waals surface area contributed by atoms with E-state index >= 15 is 0 Å². The minimum atomic E-state index is -0.113. The molecule has 0 aliphatic heterocycles. The van der Waals surface area contributed by atoms with Gasteiger partial charge in [0.15, 0.2) is 0 Å². The third kappa shape index (κ3) is 5.34. The van der Waals surface area contributed by atoms with E-state index in [2.05, 4.69) is 10.6 Å². The lowest BCUT2D eigenvalue weighted by atomic mass is 10.1. The van der Waals surface area contributed by atoms with Gasteiger partial charge in [-0.15, -0.1) is 0 Å². The van der Waals surface area contributed by atoms with E-state index in [-0.39, 0.29) is 18.5 Å². The van der Waals surface area contributed by atoms with Crippen LogP contribution in [0.2, 0.25) is 0 Å². The Morgan fingerprint density at radius 3 is 2.25 bits per heavy atom. The number of hydrogen-bond acceptors (Lipinski definition) is 4. The van der Waals surface area contributed by atoms with Crippen LogP contribution in [-0.4, -0.2) is 19.6 Å². The summed E-state index contributed by atoms with van der Waals surface area (Å²) < 4.78 is 11.1. The SMILES string of the molecule is COc1ccccc1[C@@H](C)NCC(=O)Nc1ccc(Oc2ccccc2)cc1. The Balaban J connectivity index is 1.50. The number of carbonyl (C=O) groups is 1. The molecule has 144 valence electrons. The number of methoxy groups -OCH3 is 1. The van der Waals surface area contributed by atoms with Crippen LogP contribution < -0.4 is 20.1 Å². The molecule has 0 aliphatic carbocycles. The van der Waals surface area contributed by atoms with Gasteiger partial charge in [-0.3, -0.25) is 4.79 Å². The number of carbonyl (C=O) groups excluding carboxylic acids is 1. The number of anilines is 1. The molecule has 5 nitrogen and oxygen atoms in total. The first-order valence-electron chi connectivity index (χ1n) is 9.15. The first-order chi connectivity index (χ1) is 13.7. The van der Waals surface area contributed by atoms with E-state index in [9.17, 15) is 4.79 Å². The van der Waals surface area contributed by atoms with Gasteiger partial charge in [0, 0.05) is 17.3 Å². The molecule has 0 heterocycles. The highest BCUT2D eigenvalue weighted by Gasteiger charge is 2.12. The Kier molecular flexibility index (Phi) is 6.65. The van der Waals surface area contributed by atoms with E-state index < -0.39 is 0 Å². The molecule has 3 rings (SSSR count). The van der Waals surface area contributed by atoms with Crippen LogP contribution in [0, 0.1) is 0 Å². The second-order valence-electron chi connectivity index (χ2n) is 6.33. The summed E-state index contributed by atoms with van der Waals surface area (Å²) in [6.07, 6.45) is 0. The topological polar surface area (TPSA) is 59.6 Å². The molecule has 0 saturated heterocycles. The van der Waals surface area contributed by atoms with E-state index in [0.717, 1.165) is 22.7 Å². The summed E-state index contributed by atoms with van der Waals surface area (Å²) in [5.41, 5.74) is 1.73. The molecular formula is C23H24N2O3. The van der Waals surface area contributed by atoms with Crippen LogP contribution in [0.3, 0.4) is 0 Å². The minimum absolute atomic E-state index is 0.0106. The largest absolute Gasteiger partial charge is 0.496 e. The molecule has 1 atom stereocenters. The Morgan fingerprint density at radius 2 is 1.54 bits per heavy atom. The van der Waals surface area contributed by atoms with Gasteiger partial charge in [0.25, 0.3) is 0 Å². The van der Waals surface area contributed by atoms with Crippen LogP contribution in [0.25, 0.3) is 0 Å². The summed E-state index contributed by atoms with van der Waals surface area (Å²) in [7, 11) is 1.64. The lowest BCUT2D eigenvalue weighted by Gasteiger charge is -2.17. The molecule has 0 saturated carbocycles. The molecule has 1 amide bonds. The number of para-hydroxylation sites is 2. The monoisotopic (exact) mass is 376 g/mol. The zero-order valence-electron chi connectivity index (χ0n) is 16.0. The molecule has 2 N–H and O–H groups in total. The van der Waals surface area contributed by atoms with Gasteiger partial charge in [0.2, 0.25) is 5.91 Å². The van der Waals surface area contributed by atoms with Gasteiger partial charge in [0.1, 0.15) is 17.2 Å². The van der Waals surface area contributed by atoms with Gasteiger partial charge in [0.05, 0.1) is 13.7 Å². The summed E-state index contributed by atoms with van der Waals surface area (Å²) in [6.45, 7) is 2.20. The van der Waals surface area contributed by atoms with Crippen molar-refractivity contribution in [2.75, 3.05) is 19.0 Å². The summed E-state index contributed by atoms with van der Waals surface area (Å²) in [5.74, 6) is 2.18. The minimum Gasteiger partial charge on any atom is -0.496 e. The lowest BCUT2D eigenvalue weighted by molar-refractivity contribution is -0.115. The van der Waals surface area contributed by atoms with Crippen molar-refractivity contribution in [1.82, 2.24) is 5.32 Å². The van der Waals surface area contributed by atoms with Crippen molar-refractivity contribution in [2.24, 2.45) is 0 Å². The summed E-state index contributed by atoms with van der Waals surface area (Å²) in [6, 6.07) is 24.6. The van der Waals surface area contributed by atoms with Crippen molar-refractivity contribution in [2.45, 2.75) is 13.0 Å². The summed E-state index contributed by atoms with van der Waals surface area (Å²) >= 11 is 0. The quantitative estimate of drug-likeness (QED) is 0.594. The molecule has 0 bridgehead atoms. The number of ether oxygens (including phenoxy) is 2. The van der Waals surface area contributed by atoms with Crippen LogP contribution in [0.15, 0.2) is 78.9 Å². The highest BCUT2D eigenvalue weighted by Crippen LogP contribution is 2.24. The van der Waals surface area contributed by atoms with Gasteiger partial charge in [-0.1, -0.05) is 36.4 Å². The van der Waals surface area contributed by atoms with E-state index in [1.54, 1.807) is 7.11 Å². The number of benzene rings is 3. The van der Waals surface area contributed by atoms with Gasteiger partial charge in [-0.25, -0.2) is 0 Å². The molecule has 0 fully saturated rings. The Bertz CT molecular complexity index is 895. The van der Waals surface area contributed by atoms with E-state index in [4.69, 9.17) is 9.47 Å². The van der Waals surface area contributed by atoms with Crippen molar-refractivity contribution in [3.8, 4) is 17.2 Å². The molecule has 28 heavy (non-hydrogen) atoms. The normalized spacial score (nSPS) is 11.5. The summed E-state index contributed by atoms with van der Waals surface area (Å²) in [5, 5.41) is 6.10. The van der Waals surface area contributed by atoms with Crippen LogP contribution in [-0.2, 0) is 4.79 Å². The highest BCUT2D eigenvalue weighted by molar-refractivity contribution is 5.92. The fraction of sp³-hybridized carbons (Fsp3) is 0.174. The van der Waals surface area contributed by atoms with Crippen molar-refractivity contribution < 1.29 is 14.3 Å². The van der Waals surface area contributed by atoms with Crippen molar-refractivity contribution >= 4 is 11.6 Å². The predicted molar refractivity (Wildman–Crippen MR) is 111 cm³/mol. The maximum absolute atomic E-state index is 12.2. The molecular weight excluding hydrogens is 352 g/mol. The van der Waals surface area contributed by atoms with Crippen LogP contribution in [0.1, 0.15) is 18.5 Å². The fourth-order valence-electron chi connectivity index (χ4n) is 2.82. The zero-order valence-corrected chi connectivity index (χ0v) is 16.0. The van der Waals surface area contributed by atoms with Gasteiger partial charge < -0.3 is 20.1 Å². The van der Waals surface area contributed by atoms with Gasteiger partial charge >= 0.3 is 0 Å². The smallest absolute Gasteiger partial charge is 0.238 e. The lowest BCUT2D eigenvalue weighted by Crippen LogP contribution is -2.30. The summed E-state index contributed by atoms with van der Waals surface area (Å²) in [4.78, 5) is 12.2. The average molecular weight is 376 g/mol. The Labute approximate surface area is 165 Å². The molecule has 3 aromatic carbocycles. The van der Waals surface area contributed by atoms with Crippen LogP contribution >= 0.6 is 0 Å². The number of hydrogen-bond donors (Lipinski definition) is 2. The van der Waals surface area contributed by atoms with E-state index in [0.29, 0.717) is 5.75 Å². The standard InChI is InChI=1S/C23H24N2O3/c1-17(21-10-6-7-11-22(21)27-2)24-16-23(26)25-18-12-14-20(15-13-18)28-19-8-4-3-5-9-19/h3-15,17,24H,16H2,1-2H3,(H,25,26)/t17-/m1/s1. The van der Waals surface area contributed by atoms with Gasteiger partial charge in [-0.2, -0.15) is 0 Å². The first kappa shape index (κ1) is 19.5. The van der Waals surface area contributed by atoms with Crippen molar-refractivity contribution in [1.29, 1.82) is 0 Å². The maximum Gasteiger partial charge on any atom is 0.238 e. The van der Waals surface area contributed by atoms with Crippen LogP contribution in [0.4, 0.5) is 5.69 Å². The third-order valence-corrected chi connectivity index (χ3v) is 4.29. The Hall–Kier alpha value is -3.31. The predicted octanol–water partition coefficient (Wildman–Crippen LogP) is 4.78. The molecule has 5 heteroatoms. The maximum atomic E-state index is 12.2. The molecule has 0 aromatic heterocycles. The molecule has 0 aliphatic rings. The molecule has 0 radical (unpaired) electrons. The van der Waals surface area contributed by atoms with E-state index in [1.165, 1.54) is 0 Å². The second-order valence-corrected chi connectivity index (χ2v) is 6.33. The van der Waals surface area contributed by atoms with Gasteiger partial charge in [-0.05, 0) is 49.4 Å². The third-order valence-electron chi connectivity index (χ3n) is 4.29. The van der Waals surface area contributed by atoms with E-state index in [1.807, 2.05) is 85.8 Å². The highest BCUT2D eigenvalue weighted by atomic mass is 16.5. The van der Waals surface area contributed by atoms with Crippen molar-refractivity contribution in [3.05, 3.63) is 84.4 Å². The second kappa shape index (κ2) is 9.58. The zero-order chi connectivity index (χ0) is 19.8. The van der Waals surface area contributed by atoms with Crippen LogP contribution in [0.5, 0.6) is 17.2 Å². The number of rotatable bonds is 8. The fourth-order valence-corrected chi connectivity index (χ4v) is 2.82. The Morgan fingerprint density at radius 1 is 0.893 bits per heavy atom. The number of nitrogens with one attached hydrogen (secondary N) is 2. The first-order valence-corrected chi connectivity index (χ1v) is 9.15. The van der Waals surface area contributed by atoms with Crippen molar-refractivity contribution in [3.63, 3.8) is 0 Å². The number of amides is 1. The average Bonchev–Trinajstić information content (AvgIpc) is 2.74. The molecule has 0 unspecified atom stereocenters.